The number of hydrogen-bond donors (Lipinski definition) is 2. The summed E-state index contributed by atoms with van der Waals surface area (Å²) in [5.41, 5.74) is 0. The number of ether oxygens (including phenoxy) is 4. The summed E-state index contributed by atoms with van der Waals surface area (Å²) in [5, 5.41) is 21.1. The second-order valence-corrected chi connectivity index (χ2v) is 14.2. The van der Waals surface area contributed by atoms with Crippen molar-refractivity contribution < 1.29 is 34.0 Å². The molecule has 0 saturated carbocycles. The summed E-state index contributed by atoms with van der Waals surface area (Å²) < 4.78 is 24.6. The largest absolute Gasteiger partial charge is 0.395 e. The highest BCUT2D eigenvalue weighted by Gasteiger charge is 2.25. The smallest absolute Gasteiger partial charge is 0.184 e. The van der Waals surface area contributed by atoms with Gasteiger partial charge in [-0.05, 0) is 38.5 Å². The second-order valence-electron chi connectivity index (χ2n) is 14.2. The number of aliphatic hydroxyl groups excluding tert-OH is 2. The van der Waals surface area contributed by atoms with Crippen molar-refractivity contribution in [2.45, 2.75) is 200 Å². The predicted molar refractivity (Wildman–Crippen MR) is 204 cm³/mol. The van der Waals surface area contributed by atoms with E-state index >= 15 is 0 Å². The quantitative estimate of drug-likeness (QED) is 0.0370. The van der Waals surface area contributed by atoms with Crippen LogP contribution >= 0.6 is 0 Å². The normalized spacial score (nSPS) is 13.2. The van der Waals surface area contributed by atoms with Gasteiger partial charge in [-0.1, -0.05) is 143 Å². The lowest BCUT2D eigenvalue weighted by Crippen LogP contribution is -2.44. The average molecular weight is 702 g/mol. The zero-order chi connectivity index (χ0) is 36.0. The first-order valence-electron chi connectivity index (χ1n) is 21.0. The molecule has 0 aromatic rings. The minimum Gasteiger partial charge on any atom is -0.395 e. The van der Waals surface area contributed by atoms with E-state index in [9.17, 15) is 15.0 Å². The fraction of sp³-hybridized carbons (Fsp3) is 0.976. The third kappa shape index (κ3) is 31.8. The van der Waals surface area contributed by atoms with Crippen molar-refractivity contribution in [3.8, 4) is 0 Å². The van der Waals surface area contributed by atoms with Gasteiger partial charge in [-0.15, -0.1) is 0 Å². The van der Waals surface area contributed by atoms with E-state index in [0.717, 1.165) is 44.8 Å². The van der Waals surface area contributed by atoms with E-state index in [0.29, 0.717) is 52.4 Å². The minimum atomic E-state index is -0.876. The van der Waals surface area contributed by atoms with Crippen LogP contribution in [0, 0.1) is 5.92 Å². The van der Waals surface area contributed by atoms with Crippen LogP contribution in [0.2, 0.25) is 0 Å². The molecule has 0 radical (unpaired) electrons. The number of aliphatic hydroxyl groups is 2. The van der Waals surface area contributed by atoms with Crippen LogP contribution in [0.4, 0.5) is 0 Å². The zero-order valence-electron chi connectivity index (χ0n) is 32.9. The third-order valence-electron chi connectivity index (χ3n) is 9.30. The lowest BCUT2D eigenvalue weighted by atomic mass is 10.0. The van der Waals surface area contributed by atoms with Crippen LogP contribution in [0.25, 0.3) is 0 Å². The number of nitrogens with zero attached hydrogens (tertiary/aromatic N) is 1. The molecular formula is C41H83NO7. The Hall–Kier alpha value is -0.610. The molecule has 0 bridgehead atoms. The van der Waals surface area contributed by atoms with Gasteiger partial charge in [0.2, 0.25) is 0 Å². The predicted octanol–water partition coefficient (Wildman–Crippen LogP) is 9.62. The molecule has 0 rings (SSSR count). The topological polar surface area (TPSA) is 97.7 Å². The molecule has 2 N–H and O–H groups in total. The molecule has 0 aliphatic rings. The van der Waals surface area contributed by atoms with Gasteiger partial charge in [-0.25, -0.2) is 0 Å². The lowest BCUT2D eigenvalue weighted by molar-refractivity contribution is -0.199. The SMILES string of the molecule is CCCCCCCCOC(CCC(C=O)CN(CCO)C[C@@H](O)C(OCCCCCCC)OCCCCCCC)OCCCCCCCC. The van der Waals surface area contributed by atoms with Crippen LogP contribution in [0.1, 0.15) is 182 Å². The molecule has 0 heterocycles. The number of carbonyl (C=O) groups is 1. The number of carbonyl (C=O) groups excluding carboxylic acids is 1. The summed E-state index contributed by atoms with van der Waals surface area (Å²) in [6.07, 6.45) is 26.3. The van der Waals surface area contributed by atoms with Gasteiger partial charge in [0.1, 0.15) is 12.4 Å². The Morgan fingerprint density at radius 3 is 1.31 bits per heavy atom. The third-order valence-corrected chi connectivity index (χ3v) is 9.30. The highest BCUT2D eigenvalue weighted by atomic mass is 16.7. The van der Waals surface area contributed by atoms with Crippen LogP contribution in [0.15, 0.2) is 0 Å². The molecule has 0 aliphatic heterocycles. The molecule has 0 fully saturated rings. The first-order valence-corrected chi connectivity index (χ1v) is 21.0. The Balaban J connectivity index is 5.08. The Bertz CT molecular complexity index is 621. The maximum Gasteiger partial charge on any atom is 0.184 e. The summed E-state index contributed by atoms with van der Waals surface area (Å²) in [4.78, 5) is 14.2. The van der Waals surface area contributed by atoms with Gasteiger partial charge < -0.3 is 34.0 Å². The molecule has 49 heavy (non-hydrogen) atoms. The molecule has 8 heteroatoms. The Morgan fingerprint density at radius 1 is 0.531 bits per heavy atom. The number of aldehydes is 1. The van der Waals surface area contributed by atoms with Gasteiger partial charge in [-0.3, -0.25) is 4.90 Å². The fourth-order valence-electron chi connectivity index (χ4n) is 6.12. The van der Waals surface area contributed by atoms with Crippen molar-refractivity contribution in [3.05, 3.63) is 0 Å². The molecule has 0 spiro atoms. The highest BCUT2D eigenvalue weighted by molar-refractivity contribution is 5.53. The Kier molecular flexibility index (Phi) is 38.1. The second kappa shape index (κ2) is 38.6. The van der Waals surface area contributed by atoms with E-state index in [4.69, 9.17) is 18.9 Å². The Labute approximate surface area is 303 Å². The highest BCUT2D eigenvalue weighted by Crippen LogP contribution is 2.17. The van der Waals surface area contributed by atoms with Gasteiger partial charge in [0.25, 0.3) is 0 Å². The molecule has 0 saturated heterocycles. The maximum absolute atomic E-state index is 12.3. The fourth-order valence-corrected chi connectivity index (χ4v) is 6.12. The first kappa shape index (κ1) is 48.4. The lowest BCUT2D eigenvalue weighted by Gasteiger charge is -2.31. The van der Waals surface area contributed by atoms with Crippen LogP contribution in [-0.4, -0.2) is 92.8 Å². The van der Waals surface area contributed by atoms with Crippen molar-refractivity contribution >= 4 is 6.29 Å². The van der Waals surface area contributed by atoms with Gasteiger partial charge in [0, 0.05) is 52.0 Å². The van der Waals surface area contributed by atoms with Crippen molar-refractivity contribution in [3.63, 3.8) is 0 Å². The summed E-state index contributed by atoms with van der Waals surface area (Å²) in [6, 6.07) is 0. The van der Waals surface area contributed by atoms with Gasteiger partial charge in [0.05, 0.1) is 6.61 Å². The van der Waals surface area contributed by atoms with Crippen molar-refractivity contribution in [1.29, 1.82) is 0 Å². The standard InChI is InChI=1S/C41H83NO7/c1-5-9-13-17-21-23-31-46-40(47-32-24-22-18-14-10-6-2)28-27-38(37-44)35-42(29-30-43)36-39(45)41(48-33-25-19-15-11-7-3)49-34-26-20-16-12-8-4/h37-41,43,45H,5-36H2,1-4H3/t38?,39-/m1/s1. The van der Waals surface area contributed by atoms with E-state index in [1.54, 1.807) is 0 Å². The molecule has 2 atom stereocenters. The van der Waals surface area contributed by atoms with Crippen molar-refractivity contribution in [2.24, 2.45) is 5.92 Å². The van der Waals surface area contributed by atoms with E-state index in [-0.39, 0.29) is 25.4 Å². The minimum absolute atomic E-state index is 0.0507. The molecule has 0 amide bonds. The van der Waals surface area contributed by atoms with E-state index in [1.165, 1.54) is 103 Å². The van der Waals surface area contributed by atoms with Crippen LogP contribution in [-0.2, 0) is 23.7 Å². The number of rotatable bonds is 41. The van der Waals surface area contributed by atoms with Gasteiger partial charge >= 0.3 is 0 Å². The molecule has 294 valence electrons. The maximum atomic E-state index is 12.3. The molecule has 0 aromatic heterocycles. The summed E-state index contributed by atoms with van der Waals surface area (Å²) in [5.74, 6) is -0.256. The van der Waals surface area contributed by atoms with E-state index in [1.807, 2.05) is 4.90 Å². The monoisotopic (exact) mass is 702 g/mol. The molecular weight excluding hydrogens is 618 g/mol. The van der Waals surface area contributed by atoms with Crippen LogP contribution in [0.5, 0.6) is 0 Å². The summed E-state index contributed by atoms with van der Waals surface area (Å²) >= 11 is 0. The van der Waals surface area contributed by atoms with E-state index < -0.39 is 12.4 Å². The Morgan fingerprint density at radius 2 is 0.918 bits per heavy atom. The molecule has 8 nitrogen and oxygen atoms in total. The average Bonchev–Trinajstić information content (AvgIpc) is 3.10. The van der Waals surface area contributed by atoms with E-state index in [2.05, 4.69) is 27.7 Å². The molecule has 0 aliphatic carbocycles. The molecule has 1 unspecified atom stereocenters. The molecule has 0 aromatic carbocycles. The summed E-state index contributed by atoms with van der Waals surface area (Å²) in [6.45, 7) is 12.4. The van der Waals surface area contributed by atoms with Crippen molar-refractivity contribution in [1.82, 2.24) is 4.90 Å². The van der Waals surface area contributed by atoms with Gasteiger partial charge in [0.15, 0.2) is 12.6 Å². The van der Waals surface area contributed by atoms with Crippen LogP contribution < -0.4 is 0 Å². The van der Waals surface area contributed by atoms with Crippen LogP contribution in [0.3, 0.4) is 0 Å². The number of hydrogen-bond acceptors (Lipinski definition) is 8. The number of unbranched alkanes of at least 4 members (excludes halogenated alkanes) is 18. The van der Waals surface area contributed by atoms with Gasteiger partial charge in [-0.2, -0.15) is 0 Å². The summed E-state index contributed by atoms with van der Waals surface area (Å²) in [7, 11) is 0. The zero-order valence-corrected chi connectivity index (χ0v) is 32.9. The first-order chi connectivity index (χ1) is 24.1. The van der Waals surface area contributed by atoms with Crippen molar-refractivity contribution in [2.75, 3.05) is 52.7 Å².